The van der Waals surface area contributed by atoms with E-state index in [-0.39, 0.29) is 0 Å². The van der Waals surface area contributed by atoms with Crippen LogP contribution >= 0.6 is 12.2 Å². The van der Waals surface area contributed by atoms with Crippen LogP contribution in [0.25, 0.3) is 5.57 Å². The predicted octanol–water partition coefficient (Wildman–Crippen LogP) is 3.06. The van der Waals surface area contributed by atoms with Gasteiger partial charge in [-0.05, 0) is 34.8 Å². The molecule has 0 saturated carbocycles. The van der Waals surface area contributed by atoms with Crippen LogP contribution in [0.4, 0.5) is 0 Å². The Morgan fingerprint density at radius 3 is 3.00 bits per heavy atom. The van der Waals surface area contributed by atoms with Crippen LogP contribution in [0.2, 0.25) is 0 Å². The van der Waals surface area contributed by atoms with Gasteiger partial charge < -0.3 is 0 Å². The average molecular weight is 240 g/mol. The Morgan fingerprint density at radius 2 is 2.12 bits per heavy atom. The minimum atomic E-state index is 0.878. The first-order chi connectivity index (χ1) is 8.33. The Balaban J connectivity index is 1.99. The molecule has 0 N–H and O–H groups in total. The van der Waals surface area contributed by atoms with Gasteiger partial charge in [-0.3, -0.25) is 0 Å². The third-order valence-corrected chi connectivity index (χ3v) is 3.58. The number of nitrogens with zero attached hydrogens (tertiary/aromatic N) is 1. The summed E-state index contributed by atoms with van der Waals surface area (Å²) in [4.78, 5) is 1.02. The Kier molecular flexibility index (Phi) is 2.91. The summed E-state index contributed by atoms with van der Waals surface area (Å²) in [5, 5.41) is 4.42. The van der Waals surface area contributed by atoms with E-state index in [4.69, 9.17) is 12.2 Å². The first-order valence-electron chi connectivity index (χ1n) is 5.99. The second-order valence-corrected chi connectivity index (χ2v) is 5.04. The summed E-state index contributed by atoms with van der Waals surface area (Å²) in [6.45, 7) is 1.84. The molecule has 0 aromatic heterocycles. The van der Waals surface area contributed by atoms with Gasteiger partial charge in [-0.25, -0.2) is 5.32 Å². The smallest absolute Gasteiger partial charge is 0.0387 e. The topological polar surface area (TPSA) is 14.1 Å². The van der Waals surface area contributed by atoms with Crippen LogP contribution in [-0.2, 0) is 13.0 Å². The SMILES string of the molecule is S=C1C=C(c2ccc3c(c2)CC[N]C3)C=CC1. The molecule has 1 aromatic rings. The molecule has 2 aliphatic rings. The Morgan fingerprint density at radius 1 is 1.18 bits per heavy atom. The highest BCUT2D eigenvalue weighted by molar-refractivity contribution is 7.80. The van der Waals surface area contributed by atoms with E-state index in [0.717, 1.165) is 30.8 Å². The maximum absolute atomic E-state index is 5.26. The number of hydrogen-bond donors (Lipinski definition) is 0. The van der Waals surface area contributed by atoms with Crippen LogP contribution in [-0.4, -0.2) is 11.4 Å². The molecule has 0 bridgehead atoms. The molecule has 1 aliphatic heterocycles. The normalized spacial score (nSPS) is 18.8. The third-order valence-electron chi connectivity index (χ3n) is 3.29. The first-order valence-corrected chi connectivity index (χ1v) is 6.40. The van der Waals surface area contributed by atoms with Crippen molar-refractivity contribution in [3.05, 3.63) is 53.1 Å². The van der Waals surface area contributed by atoms with Gasteiger partial charge in [-0.15, -0.1) is 0 Å². The summed E-state index contributed by atoms with van der Waals surface area (Å²) < 4.78 is 0. The number of rotatable bonds is 1. The Hall–Kier alpha value is -1.25. The van der Waals surface area contributed by atoms with Gasteiger partial charge in [-0.1, -0.05) is 42.6 Å². The number of thiocarbonyl (C=S) groups is 1. The molecule has 0 spiro atoms. The van der Waals surface area contributed by atoms with Gasteiger partial charge in [0.15, 0.2) is 0 Å². The van der Waals surface area contributed by atoms with Gasteiger partial charge in [0.2, 0.25) is 0 Å². The van der Waals surface area contributed by atoms with Crippen molar-refractivity contribution in [2.45, 2.75) is 19.4 Å². The molecule has 1 radical (unpaired) electrons. The lowest BCUT2D eigenvalue weighted by molar-refractivity contribution is 0.630. The maximum Gasteiger partial charge on any atom is 0.0387 e. The van der Waals surface area contributed by atoms with Gasteiger partial charge in [0, 0.05) is 24.4 Å². The van der Waals surface area contributed by atoms with Gasteiger partial charge in [-0.2, -0.15) is 0 Å². The largest absolute Gasteiger partial charge is 0.237 e. The number of allylic oxidation sites excluding steroid dienone is 4. The van der Waals surface area contributed by atoms with Crippen molar-refractivity contribution in [3.8, 4) is 0 Å². The van der Waals surface area contributed by atoms with Crippen molar-refractivity contribution in [1.82, 2.24) is 5.32 Å². The summed E-state index contributed by atoms with van der Waals surface area (Å²) in [6.07, 6.45) is 8.41. The van der Waals surface area contributed by atoms with E-state index in [1.165, 1.54) is 22.3 Å². The molecular formula is C15H14NS. The molecule has 0 fully saturated rings. The van der Waals surface area contributed by atoms with E-state index in [2.05, 4.69) is 41.7 Å². The molecule has 85 valence electrons. The quantitative estimate of drug-likeness (QED) is 0.688. The van der Waals surface area contributed by atoms with Crippen molar-refractivity contribution in [2.24, 2.45) is 0 Å². The minimum Gasteiger partial charge on any atom is -0.237 e. The van der Waals surface area contributed by atoms with Gasteiger partial charge in [0.25, 0.3) is 0 Å². The maximum atomic E-state index is 5.26. The van der Waals surface area contributed by atoms with E-state index < -0.39 is 0 Å². The fourth-order valence-corrected chi connectivity index (χ4v) is 2.58. The summed E-state index contributed by atoms with van der Waals surface area (Å²) in [5.41, 5.74) is 5.35. The van der Waals surface area contributed by atoms with Crippen molar-refractivity contribution < 1.29 is 0 Å². The van der Waals surface area contributed by atoms with Crippen molar-refractivity contribution >= 4 is 22.7 Å². The molecule has 0 saturated heterocycles. The fourth-order valence-electron chi connectivity index (χ4n) is 2.35. The van der Waals surface area contributed by atoms with Crippen LogP contribution in [0.3, 0.4) is 0 Å². The zero-order valence-electron chi connectivity index (χ0n) is 9.65. The highest BCUT2D eigenvalue weighted by atomic mass is 32.1. The van der Waals surface area contributed by atoms with E-state index in [9.17, 15) is 0 Å². The summed E-state index contributed by atoms with van der Waals surface area (Å²) in [7, 11) is 0. The first kappa shape index (κ1) is 10.9. The Labute approximate surface area is 107 Å². The molecule has 17 heavy (non-hydrogen) atoms. The van der Waals surface area contributed by atoms with Crippen LogP contribution in [0, 0.1) is 0 Å². The lowest BCUT2D eigenvalue weighted by Gasteiger charge is -2.17. The minimum absolute atomic E-state index is 0.878. The molecule has 0 unspecified atom stereocenters. The fraction of sp³-hybridized carbons (Fsp3) is 0.267. The van der Waals surface area contributed by atoms with E-state index in [0.29, 0.717) is 0 Å². The lowest BCUT2D eigenvalue weighted by Crippen LogP contribution is -2.17. The van der Waals surface area contributed by atoms with E-state index >= 15 is 0 Å². The molecule has 1 aliphatic carbocycles. The summed E-state index contributed by atoms with van der Waals surface area (Å²) in [6, 6.07) is 6.69. The predicted molar refractivity (Wildman–Crippen MR) is 75.2 cm³/mol. The van der Waals surface area contributed by atoms with Crippen LogP contribution in [0.5, 0.6) is 0 Å². The molecule has 2 heteroatoms. The van der Waals surface area contributed by atoms with Crippen molar-refractivity contribution in [2.75, 3.05) is 6.54 Å². The summed E-state index contributed by atoms with van der Waals surface area (Å²) >= 11 is 5.26. The zero-order chi connectivity index (χ0) is 11.7. The molecule has 1 aromatic carbocycles. The van der Waals surface area contributed by atoms with Crippen LogP contribution < -0.4 is 5.32 Å². The Bertz CT molecular complexity index is 526. The van der Waals surface area contributed by atoms with Gasteiger partial charge in [0.05, 0.1) is 0 Å². The number of benzene rings is 1. The molecular weight excluding hydrogens is 226 g/mol. The number of hydrogen-bond acceptors (Lipinski definition) is 1. The van der Waals surface area contributed by atoms with Crippen LogP contribution in [0.15, 0.2) is 36.4 Å². The van der Waals surface area contributed by atoms with E-state index in [1.807, 2.05) is 0 Å². The molecule has 3 rings (SSSR count). The zero-order valence-corrected chi connectivity index (χ0v) is 10.5. The average Bonchev–Trinajstić information content (AvgIpc) is 2.38. The van der Waals surface area contributed by atoms with Gasteiger partial charge >= 0.3 is 0 Å². The standard InChI is InChI=1S/C15H14NS/c17-15-3-1-2-11(9-15)12-4-5-14-10-16-7-6-13(14)8-12/h1-2,4-5,8-9H,3,6-7,10H2. The highest BCUT2D eigenvalue weighted by Crippen LogP contribution is 2.24. The third kappa shape index (κ3) is 2.24. The van der Waals surface area contributed by atoms with Crippen molar-refractivity contribution in [1.29, 1.82) is 0 Å². The molecule has 0 amide bonds. The number of fused-ring (bicyclic) bond motifs is 1. The molecule has 1 heterocycles. The second-order valence-electron chi connectivity index (χ2n) is 4.51. The van der Waals surface area contributed by atoms with Gasteiger partial charge in [0.1, 0.15) is 0 Å². The summed E-state index contributed by atoms with van der Waals surface area (Å²) in [5.74, 6) is 0. The second kappa shape index (κ2) is 4.55. The molecule has 0 atom stereocenters. The van der Waals surface area contributed by atoms with E-state index in [1.54, 1.807) is 0 Å². The van der Waals surface area contributed by atoms with Crippen LogP contribution in [0.1, 0.15) is 23.1 Å². The van der Waals surface area contributed by atoms with Crippen molar-refractivity contribution in [3.63, 3.8) is 0 Å². The molecule has 1 nitrogen and oxygen atoms in total. The lowest BCUT2D eigenvalue weighted by atomic mass is 9.93. The highest BCUT2D eigenvalue weighted by Gasteiger charge is 2.11. The monoisotopic (exact) mass is 240 g/mol.